The molecule has 1 fully saturated rings. The Kier molecular flexibility index (Phi) is 3.94. The van der Waals surface area contributed by atoms with Gasteiger partial charge in [-0.25, -0.2) is 0 Å². The van der Waals surface area contributed by atoms with E-state index in [2.05, 4.69) is 25.9 Å². The number of tetrazole rings is 1. The van der Waals surface area contributed by atoms with E-state index in [1.165, 1.54) is 0 Å². The van der Waals surface area contributed by atoms with Gasteiger partial charge in [0.05, 0.1) is 12.1 Å². The Balaban J connectivity index is 1.92. The number of hydrogen-bond acceptors (Lipinski definition) is 6. The predicted octanol–water partition coefficient (Wildman–Crippen LogP) is 2.72. The largest absolute Gasteiger partial charge is 0.495 e. The maximum absolute atomic E-state index is 9.19. The first-order chi connectivity index (χ1) is 10.7. The van der Waals surface area contributed by atoms with E-state index in [9.17, 15) is 5.26 Å². The zero-order valence-electron chi connectivity index (χ0n) is 11.8. The third-order valence-corrected chi connectivity index (χ3v) is 3.72. The van der Waals surface area contributed by atoms with Crippen LogP contribution in [0.4, 0.5) is 5.69 Å². The van der Waals surface area contributed by atoms with Crippen molar-refractivity contribution in [3.05, 3.63) is 34.7 Å². The van der Waals surface area contributed by atoms with Crippen LogP contribution in [0.25, 0.3) is 5.57 Å². The van der Waals surface area contributed by atoms with Crippen molar-refractivity contribution >= 4 is 22.9 Å². The van der Waals surface area contributed by atoms with Gasteiger partial charge >= 0.3 is 0 Å². The van der Waals surface area contributed by atoms with Gasteiger partial charge in [0.15, 0.2) is 0 Å². The second-order valence-corrected chi connectivity index (χ2v) is 5.31. The molecule has 1 aromatic carbocycles. The fraction of sp³-hybridized carbons (Fsp3) is 0.286. The van der Waals surface area contributed by atoms with Gasteiger partial charge in [0, 0.05) is 18.0 Å². The van der Waals surface area contributed by atoms with Crippen LogP contribution in [0, 0.1) is 11.3 Å². The van der Waals surface area contributed by atoms with E-state index in [-0.39, 0.29) is 11.4 Å². The normalized spacial score (nSPS) is 14.5. The quantitative estimate of drug-likeness (QED) is 0.823. The molecule has 0 amide bonds. The lowest BCUT2D eigenvalue weighted by molar-refractivity contribution is 0.415. The van der Waals surface area contributed by atoms with E-state index in [0.717, 1.165) is 24.1 Å². The Morgan fingerprint density at radius 1 is 1.55 bits per heavy atom. The molecule has 8 heteroatoms. The van der Waals surface area contributed by atoms with Gasteiger partial charge in [0.1, 0.15) is 17.4 Å². The summed E-state index contributed by atoms with van der Waals surface area (Å²) in [5.74, 6) is 1.32. The van der Waals surface area contributed by atoms with Gasteiger partial charge in [0.2, 0.25) is 5.82 Å². The fourth-order valence-electron chi connectivity index (χ4n) is 2.15. The summed E-state index contributed by atoms with van der Waals surface area (Å²) in [4.78, 5) is 0. The molecule has 1 saturated carbocycles. The van der Waals surface area contributed by atoms with Crippen molar-refractivity contribution in [3.8, 4) is 11.8 Å². The first-order valence-electron chi connectivity index (χ1n) is 6.71. The molecule has 22 heavy (non-hydrogen) atoms. The van der Waals surface area contributed by atoms with Gasteiger partial charge < -0.3 is 10.1 Å². The first-order valence-corrected chi connectivity index (χ1v) is 7.08. The average Bonchev–Trinajstić information content (AvgIpc) is 3.24. The number of halogens is 1. The van der Waals surface area contributed by atoms with Gasteiger partial charge in [-0.2, -0.15) is 10.5 Å². The minimum Gasteiger partial charge on any atom is -0.495 e. The summed E-state index contributed by atoms with van der Waals surface area (Å²) in [6.45, 7) is 0. The number of nitriles is 1. The number of aromatic amines is 1. The van der Waals surface area contributed by atoms with E-state index in [0.29, 0.717) is 16.7 Å². The molecule has 0 spiro atoms. The maximum atomic E-state index is 9.19. The highest BCUT2D eigenvalue weighted by Gasteiger charge is 2.27. The SMILES string of the molecule is COc1cc(NC=C(C#N)c2nn[nH]n2)c(C2CC2)cc1Cl. The van der Waals surface area contributed by atoms with Crippen molar-refractivity contribution in [1.29, 1.82) is 5.26 Å². The number of ether oxygens (including phenoxy) is 1. The minimum atomic E-state index is 0.240. The second kappa shape index (κ2) is 6.03. The highest BCUT2D eigenvalue weighted by molar-refractivity contribution is 6.32. The van der Waals surface area contributed by atoms with Crippen molar-refractivity contribution in [1.82, 2.24) is 20.6 Å². The van der Waals surface area contributed by atoms with Crippen LogP contribution in [0.15, 0.2) is 18.3 Å². The summed E-state index contributed by atoms with van der Waals surface area (Å²) in [6.07, 6.45) is 3.83. The third kappa shape index (κ3) is 2.87. The van der Waals surface area contributed by atoms with E-state index >= 15 is 0 Å². The number of methoxy groups -OCH3 is 1. The molecule has 0 saturated heterocycles. The van der Waals surface area contributed by atoms with E-state index in [1.807, 2.05) is 18.2 Å². The standard InChI is InChI=1S/C14H13ClN6O/c1-22-13-5-12(10(4-11(13)15)8-2-3-8)17-7-9(6-16)14-18-20-21-19-14/h4-5,7-8,17H,2-3H2,1H3,(H,18,19,20,21). The lowest BCUT2D eigenvalue weighted by Gasteiger charge is -2.12. The van der Waals surface area contributed by atoms with Crippen LogP contribution in [-0.2, 0) is 0 Å². The minimum absolute atomic E-state index is 0.240. The van der Waals surface area contributed by atoms with Crippen molar-refractivity contribution in [3.63, 3.8) is 0 Å². The van der Waals surface area contributed by atoms with Crippen molar-refractivity contribution in [2.75, 3.05) is 12.4 Å². The molecule has 0 unspecified atom stereocenters. The maximum Gasteiger partial charge on any atom is 0.216 e. The second-order valence-electron chi connectivity index (χ2n) is 4.90. The molecular weight excluding hydrogens is 304 g/mol. The predicted molar refractivity (Wildman–Crippen MR) is 81.4 cm³/mol. The molecule has 0 aliphatic heterocycles. The number of hydrogen-bond donors (Lipinski definition) is 2. The number of allylic oxidation sites excluding steroid dienone is 1. The van der Waals surface area contributed by atoms with Crippen LogP contribution in [0.3, 0.4) is 0 Å². The molecule has 2 aromatic rings. The van der Waals surface area contributed by atoms with Crippen molar-refractivity contribution in [2.24, 2.45) is 0 Å². The Labute approximate surface area is 131 Å². The number of anilines is 1. The Bertz CT molecular complexity index is 745. The van der Waals surface area contributed by atoms with Crippen LogP contribution in [0.1, 0.15) is 30.1 Å². The number of H-pyrrole nitrogens is 1. The van der Waals surface area contributed by atoms with Crippen LogP contribution in [0.5, 0.6) is 5.75 Å². The van der Waals surface area contributed by atoms with Gasteiger partial charge in [-0.05, 0) is 35.6 Å². The number of nitrogens with zero attached hydrogens (tertiary/aromatic N) is 4. The summed E-state index contributed by atoms with van der Waals surface area (Å²) in [5, 5.41) is 26.3. The molecule has 7 nitrogen and oxygen atoms in total. The Morgan fingerprint density at radius 3 is 2.95 bits per heavy atom. The van der Waals surface area contributed by atoms with Crippen LogP contribution < -0.4 is 10.1 Å². The first kappa shape index (κ1) is 14.4. The zero-order chi connectivity index (χ0) is 15.5. The molecule has 1 aliphatic rings. The summed E-state index contributed by atoms with van der Waals surface area (Å²) in [7, 11) is 1.57. The molecule has 1 heterocycles. The van der Waals surface area contributed by atoms with Crippen LogP contribution >= 0.6 is 11.6 Å². The molecular formula is C14H13ClN6O. The molecule has 1 aromatic heterocycles. The summed E-state index contributed by atoms with van der Waals surface area (Å²) >= 11 is 6.19. The number of rotatable bonds is 5. The van der Waals surface area contributed by atoms with Crippen molar-refractivity contribution < 1.29 is 4.74 Å². The Morgan fingerprint density at radius 2 is 2.36 bits per heavy atom. The molecule has 2 N–H and O–H groups in total. The van der Waals surface area contributed by atoms with E-state index in [4.69, 9.17) is 16.3 Å². The summed E-state index contributed by atoms with van der Waals surface area (Å²) in [6, 6.07) is 5.78. The number of nitrogens with one attached hydrogen (secondary N) is 2. The topological polar surface area (TPSA) is 99.5 Å². The average molecular weight is 317 g/mol. The van der Waals surface area contributed by atoms with Gasteiger partial charge in [0.25, 0.3) is 0 Å². The van der Waals surface area contributed by atoms with Crippen molar-refractivity contribution in [2.45, 2.75) is 18.8 Å². The van der Waals surface area contributed by atoms with Crippen LogP contribution in [-0.4, -0.2) is 27.7 Å². The zero-order valence-corrected chi connectivity index (χ0v) is 12.6. The molecule has 0 atom stereocenters. The summed E-state index contributed by atoms with van der Waals surface area (Å²) < 4.78 is 5.25. The smallest absolute Gasteiger partial charge is 0.216 e. The number of aromatic nitrogens is 4. The van der Waals surface area contributed by atoms with Gasteiger partial charge in [-0.15, -0.1) is 10.2 Å². The Hall–Kier alpha value is -2.59. The fourth-order valence-corrected chi connectivity index (χ4v) is 2.40. The van der Waals surface area contributed by atoms with E-state index in [1.54, 1.807) is 13.3 Å². The van der Waals surface area contributed by atoms with Gasteiger partial charge in [-0.1, -0.05) is 11.6 Å². The summed E-state index contributed by atoms with van der Waals surface area (Å²) in [5.41, 5.74) is 2.26. The molecule has 3 rings (SSSR count). The monoisotopic (exact) mass is 316 g/mol. The molecule has 112 valence electrons. The highest BCUT2D eigenvalue weighted by Crippen LogP contribution is 2.46. The van der Waals surface area contributed by atoms with Crippen LogP contribution in [0.2, 0.25) is 5.02 Å². The third-order valence-electron chi connectivity index (χ3n) is 3.42. The highest BCUT2D eigenvalue weighted by atomic mass is 35.5. The van der Waals surface area contributed by atoms with E-state index < -0.39 is 0 Å². The van der Waals surface area contributed by atoms with Gasteiger partial charge in [-0.3, -0.25) is 0 Å². The lowest BCUT2D eigenvalue weighted by Crippen LogP contribution is -1.98. The molecule has 1 aliphatic carbocycles. The molecule has 0 radical (unpaired) electrons. The number of benzene rings is 1. The lowest BCUT2D eigenvalue weighted by atomic mass is 10.1. The molecule has 0 bridgehead atoms.